The Hall–Kier alpha value is -1.78. The fourth-order valence-electron chi connectivity index (χ4n) is 1.43. The average molecular weight is 292 g/mol. The van der Waals surface area contributed by atoms with Crippen LogP contribution in [0, 0.1) is 10.1 Å². The first-order valence-corrected chi connectivity index (χ1v) is 6.75. The third kappa shape index (κ3) is 3.84. The molecule has 0 saturated heterocycles. The highest BCUT2D eigenvalue weighted by molar-refractivity contribution is 8.02. The maximum absolute atomic E-state index is 10.5. The number of thioether (sulfide) groups is 1. The lowest BCUT2D eigenvalue weighted by Crippen LogP contribution is -1.86. The lowest BCUT2D eigenvalue weighted by atomic mass is 10.2. The number of hydrogen-bond acceptors (Lipinski definition) is 3. The van der Waals surface area contributed by atoms with Gasteiger partial charge < -0.3 is 0 Å². The van der Waals surface area contributed by atoms with Crippen LogP contribution < -0.4 is 0 Å². The molecule has 0 radical (unpaired) electrons. The van der Waals surface area contributed by atoms with Gasteiger partial charge in [-0.1, -0.05) is 53.7 Å². The van der Waals surface area contributed by atoms with E-state index < -0.39 is 4.92 Å². The Kier molecular flexibility index (Phi) is 4.60. The second-order valence-electron chi connectivity index (χ2n) is 3.70. The number of halogens is 1. The van der Waals surface area contributed by atoms with Gasteiger partial charge in [-0.25, -0.2) is 0 Å². The van der Waals surface area contributed by atoms with Crippen LogP contribution in [0.15, 0.2) is 64.9 Å². The van der Waals surface area contributed by atoms with Gasteiger partial charge in [0.15, 0.2) is 0 Å². The first-order chi connectivity index (χ1) is 9.16. The first-order valence-electron chi connectivity index (χ1n) is 5.49. The van der Waals surface area contributed by atoms with Crippen molar-refractivity contribution in [1.29, 1.82) is 0 Å². The predicted molar refractivity (Wildman–Crippen MR) is 79.2 cm³/mol. The third-order valence-corrected chi connectivity index (χ3v) is 3.75. The van der Waals surface area contributed by atoms with E-state index in [1.165, 1.54) is 23.9 Å². The molecule has 0 heterocycles. The molecule has 0 spiro atoms. The van der Waals surface area contributed by atoms with Crippen molar-refractivity contribution in [3.63, 3.8) is 0 Å². The standard InChI is InChI=1S/C14H10ClNO2S/c15-14(11-4-2-1-3-5-11)10-19-13-8-6-12(7-9-13)16(17)18/h1-10H/b14-10+. The summed E-state index contributed by atoms with van der Waals surface area (Å²) in [6.07, 6.45) is 0. The molecule has 96 valence electrons. The van der Waals surface area contributed by atoms with Gasteiger partial charge in [0.05, 0.1) is 9.96 Å². The zero-order valence-corrected chi connectivity index (χ0v) is 11.4. The largest absolute Gasteiger partial charge is 0.269 e. The molecule has 0 aliphatic rings. The molecule has 0 unspecified atom stereocenters. The lowest BCUT2D eigenvalue weighted by molar-refractivity contribution is -0.384. The first kappa shape index (κ1) is 13.6. The molecule has 0 aliphatic carbocycles. The molecule has 2 aromatic rings. The fourth-order valence-corrected chi connectivity index (χ4v) is 2.36. The molecule has 0 N–H and O–H groups in total. The molecular weight excluding hydrogens is 282 g/mol. The Labute approximate surface area is 120 Å². The zero-order chi connectivity index (χ0) is 13.7. The monoisotopic (exact) mass is 291 g/mol. The van der Waals surface area contributed by atoms with Gasteiger partial charge in [0.1, 0.15) is 0 Å². The van der Waals surface area contributed by atoms with Crippen molar-refractivity contribution in [3.05, 3.63) is 75.7 Å². The summed E-state index contributed by atoms with van der Waals surface area (Å²) in [6.45, 7) is 0. The normalized spacial score (nSPS) is 11.3. The van der Waals surface area contributed by atoms with Gasteiger partial charge in [0.25, 0.3) is 5.69 Å². The molecule has 0 bridgehead atoms. The molecule has 0 aliphatic heterocycles. The fraction of sp³-hybridized carbons (Fsp3) is 0. The Morgan fingerprint density at radius 3 is 2.32 bits per heavy atom. The van der Waals surface area contributed by atoms with Crippen molar-refractivity contribution >= 4 is 34.1 Å². The number of benzene rings is 2. The van der Waals surface area contributed by atoms with Gasteiger partial charge in [-0.15, -0.1) is 0 Å². The molecule has 0 aromatic heterocycles. The van der Waals surface area contributed by atoms with Crippen LogP contribution >= 0.6 is 23.4 Å². The molecule has 0 fully saturated rings. The number of nitro groups is 1. The van der Waals surface area contributed by atoms with Crippen molar-refractivity contribution in [2.45, 2.75) is 4.90 Å². The highest BCUT2D eigenvalue weighted by Crippen LogP contribution is 2.28. The van der Waals surface area contributed by atoms with E-state index in [9.17, 15) is 10.1 Å². The van der Waals surface area contributed by atoms with E-state index >= 15 is 0 Å². The van der Waals surface area contributed by atoms with Crippen molar-refractivity contribution in [2.24, 2.45) is 0 Å². The molecule has 19 heavy (non-hydrogen) atoms. The molecule has 3 nitrogen and oxygen atoms in total. The van der Waals surface area contributed by atoms with E-state index in [1.54, 1.807) is 12.1 Å². The summed E-state index contributed by atoms with van der Waals surface area (Å²) in [5.74, 6) is 0. The van der Waals surface area contributed by atoms with Crippen molar-refractivity contribution in [1.82, 2.24) is 0 Å². The van der Waals surface area contributed by atoms with E-state index in [-0.39, 0.29) is 5.69 Å². The van der Waals surface area contributed by atoms with Crippen molar-refractivity contribution in [2.75, 3.05) is 0 Å². The Balaban J connectivity index is 2.08. The SMILES string of the molecule is O=[N+]([O-])c1ccc(S/C=C(/Cl)c2ccccc2)cc1. The van der Waals surface area contributed by atoms with Gasteiger partial charge in [-0.05, 0) is 23.1 Å². The highest BCUT2D eigenvalue weighted by atomic mass is 35.5. The average Bonchev–Trinajstić information content (AvgIpc) is 2.46. The van der Waals surface area contributed by atoms with Crippen LogP contribution in [0.5, 0.6) is 0 Å². The predicted octanol–water partition coefficient (Wildman–Crippen LogP) is 4.92. The number of rotatable bonds is 4. The smallest absolute Gasteiger partial charge is 0.258 e. The molecule has 0 saturated carbocycles. The van der Waals surface area contributed by atoms with Gasteiger partial charge in [0.2, 0.25) is 0 Å². The molecule has 5 heteroatoms. The quantitative estimate of drug-likeness (QED) is 0.456. The minimum atomic E-state index is -0.415. The molecule has 0 atom stereocenters. The highest BCUT2D eigenvalue weighted by Gasteiger charge is 2.04. The molecular formula is C14H10ClNO2S. The van der Waals surface area contributed by atoms with Gasteiger partial charge in [-0.2, -0.15) is 0 Å². The molecule has 2 rings (SSSR count). The van der Waals surface area contributed by atoms with Crippen molar-refractivity contribution in [3.8, 4) is 0 Å². The summed E-state index contributed by atoms with van der Waals surface area (Å²) < 4.78 is 0. The summed E-state index contributed by atoms with van der Waals surface area (Å²) in [7, 11) is 0. The summed E-state index contributed by atoms with van der Waals surface area (Å²) >= 11 is 7.60. The van der Waals surface area contributed by atoms with E-state index in [0.717, 1.165) is 10.5 Å². The van der Waals surface area contributed by atoms with E-state index in [2.05, 4.69) is 0 Å². The Morgan fingerprint density at radius 2 is 1.74 bits per heavy atom. The summed E-state index contributed by atoms with van der Waals surface area (Å²) in [5, 5.41) is 13.0. The summed E-state index contributed by atoms with van der Waals surface area (Å²) in [5.41, 5.74) is 1.03. The number of nitrogens with zero attached hydrogens (tertiary/aromatic N) is 1. The van der Waals surface area contributed by atoms with Gasteiger partial charge in [0, 0.05) is 17.0 Å². The number of hydrogen-bond donors (Lipinski definition) is 0. The minimum absolute atomic E-state index is 0.0856. The summed E-state index contributed by atoms with van der Waals surface area (Å²) in [6, 6.07) is 16.0. The van der Waals surface area contributed by atoms with E-state index in [1.807, 2.05) is 35.7 Å². The topological polar surface area (TPSA) is 43.1 Å². The van der Waals surface area contributed by atoms with Crippen LogP contribution in [0.2, 0.25) is 0 Å². The van der Waals surface area contributed by atoms with Crippen LogP contribution in [0.4, 0.5) is 5.69 Å². The van der Waals surface area contributed by atoms with Crippen LogP contribution in [-0.4, -0.2) is 4.92 Å². The lowest BCUT2D eigenvalue weighted by Gasteiger charge is -1.99. The molecule has 0 amide bonds. The molecule has 2 aromatic carbocycles. The van der Waals surface area contributed by atoms with E-state index in [0.29, 0.717) is 5.03 Å². The van der Waals surface area contributed by atoms with Gasteiger partial charge >= 0.3 is 0 Å². The minimum Gasteiger partial charge on any atom is -0.258 e. The maximum Gasteiger partial charge on any atom is 0.269 e. The Bertz CT molecular complexity index is 597. The van der Waals surface area contributed by atoms with Crippen LogP contribution in [0.1, 0.15) is 5.56 Å². The van der Waals surface area contributed by atoms with Crippen LogP contribution in [-0.2, 0) is 0 Å². The zero-order valence-electron chi connectivity index (χ0n) is 9.82. The number of non-ortho nitro benzene ring substituents is 1. The summed E-state index contributed by atoms with van der Waals surface area (Å²) in [4.78, 5) is 11.0. The second-order valence-corrected chi connectivity index (χ2v) is 5.05. The second kappa shape index (κ2) is 6.41. The number of nitro benzene ring substituents is 1. The van der Waals surface area contributed by atoms with Crippen LogP contribution in [0.3, 0.4) is 0 Å². The third-order valence-electron chi connectivity index (χ3n) is 2.40. The van der Waals surface area contributed by atoms with Gasteiger partial charge in [-0.3, -0.25) is 10.1 Å². The maximum atomic E-state index is 10.5. The van der Waals surface area contributed by atoms with E-state index in [4.69, 9.17) is 11.6 Å². The Morgan fingerprint density at radius 1 is 1.11 bits per heavy atom. The van der Waals surface area contributed by atoms with Crippen molar-refractivity contribution < 1.29 is 4.92 Å². The van der Waals surface area contributed by atoms with Crippen LogP contribution in [0.25, 0.3) is 5.03 Å².